The Morgan fingerprint density at radius 1 is 0.604 bits per heavy atom. The lowest BCUT2D eigenvalue weighted by atomic mass is 9.86. The van der Waals surface area contributed by atoms with Crippen molar-refractivity contribution in [2.24, 2.45) is 10.8 Å². The molecule has 0 aliphatic rings. The number of benzene rings is 2. The van der Waals surface area contributed by atoms with Gasteiger partial charge in [0, 0.05) is 23.5 Å². The first-order chi connectivity index (χ1) is 22.6. The molecule has 2 unspecified atom stereocenters. The molecule has 4 aromatic rings. The van der Waals surface area contributed by atoms with Crippen molar-refractivity contribution in [1.29, 1.82) is 0 Å². The second-order valence-electron chi connectivity index (χ2n) is 13.5. The number of ether oxygens (including phenoxy) is 2. The van der Waals surface area contributed by atoms with Crippen molar-refractivity contribution in [3.63, 3.8) is 0 Å². The van der Waals surface area contributed by atoms with Gasteiger partial charge < -0.3 is 30.1 Å². The molecule has 0 spiro atoms. The third-order valence-corrected chi connectivity index (χ3v) is 7.64. The molecule has 0 saturated heterocycles. The van der Waals surface area contributed by atoms with Gasteiger partial charge in [-0.05, 0) is 35.8 Å². The van der Waals surface area contributed by atoms with E-state index in [-0.39, 0.29) is 13.2 Å². The van der Waals surface area contributed by atoms with Crippen molar-refractivity contribution in [2.75, 3.05) is 13.2 Å². The average molecular weight is 657 g/mol. The lowest BCUT2D eigenvalue weighted by molar-refractivity contribution is -0.155. The van der Waals surface area contributed by atoms with Gasteiger partial charge in [0.05, 0.1) is 36.7 Å². The van der Waals surface area contributed by atoms with Gasteiger partial charge in [0.1, 0.15) is 11.6 Å². The summed E-state index contributed by atoms with van der Waals surface area (Å²) in [4.78, 5) is 64.5. The smallest absolute Gasteiger partial charge is 0.396 e. The van der Waals surface area contributed by atoms with Crippen LogP contribution >= 0.6 is 0 Å². The van der Waals surface area contributed by atoms with Gasteiger partial charge in [0.25, 0.3) is 0 Å². The molecule has 2 aromatic heterocycles. The van der Waals surface area contributed by atoms with Gasteiger partial charge in [-0.3, -0.25) is 9.59 Å². The summed E-state index contributed by atoms with van der Waals surface area (Å²) in [5.74, 6) is -2.41. The van der Waals surface area contributed by atoms with Gasteiger partial charge in [0.2, 0.25) is 0 Å². The van der Waals surface area contributed by atoms with E-state index in [9.17, 15) is 19.2 Å². The fourth-order valence-corrected chi connectivity index (χ4v) is 5.10. The van der Waals surface area contributed by atoms with E-state index < -0.39 is 46.7 Å². The first-order valence-corrected chi connectivity index (χ1v) is 15.9. The van der Waals surface area contributed by atoms with Crippen LogP contribution in [0.25, 0.3) is 33.6 Å². The number of carbonyl (C=O) groups is 4. The highest BCUT2D eigenvalue weighted by Crippen LogP contribution is 2.34. The van der Waals surface area contributed by atoms with Crippen LogP contribution in [-0.2, 0) is 28.7 Å². The van der Waals surface area contributed by atoms with Gasteiger partial charge in [-0.15, -0.1) is 0 Å². The molecule has 2 heterocycles. The zero-order chi connectivity index (χ0) is 35.2. The summed E-state index contributed by atoms with van der Waals surface area (Å²) in [6.07, 6.45) is 3.55. The van der Waals surface area contributed by atoms with Crippen molar-refractivity contribution in [3.8, 4) is 33.6 Å². The molecule has 12 nitrogen and oxygen atoms in total. The molecule has 12 heteroatoms. The van der Waals surface area contributed by atoms with Crippen LogP contribution < -0.4 is 10.6 Å². The summed E-state index contributed by atoms with van der Waals surface area (Å²) in [6, 6.07) is 14.8. The first kappa shape index (κ1) is 35.6. The minimum Gasteiger partial charge on any atom is -0.459 e. The van der Waals surface area contributed by atoms with Crippen molar-refractivity contribution >= 4 is 23.8 Å². The van der Waals surface area contributed by atoms with Gasteiger partial charge in [0.15, 0.2) is 0 Å². The van der Waals surface area contributed by atoms with E-state index in [2.05, 4.69) is 20.6 Å². The fourth-order valence-electron chi connectivity index (χ4n) is 5.10. The zero-order valence-electron chi connectivity index (χ0n) is 28.7. The van der Waals surface area contributed by atoms with Crippen LogP contribution in [0.1, 0.15) is 79.1 Å². The normalized spacial score (nSPS) is 12.9. The molecular weight excluding hydrogens is 612 g/mol. The van der Waals surface area contributed by atoms with E-state index in [0.29, 0.717) is 23.0 Å². The minimum absolute atomic E-state index is 0.114. The number of hydrogen-bond acceptors (Lipinski definition) is 8. The number of nitrogens with zero attached hydrogens (tertiary/aromatic N) is 2. The van der Waals surface area contributed by atoms with E-state index in [1.165, 1.54) is 0 Å². The number of nitrogens with one attached hydrogen (secondary N) is 4. The van der Waals surface area contributed by atoms with Gasteiger partial charge in [-0.25, -0.2) is 19.6 Å². The maximum absolute atomic E-state index is 12.4. The number of aromatic nitrogens is 4. The number of amides is 2. The molecule has 254 valence electrons. The molecule has 2 aromatic carbocycles. The Kier molecular flexibility index (Phi) is 10.9. The van der Waals surface area contributed by atoms with Crippen LogP contribution in [0.5, 0.6) is 0 Å². The van der Waals surface area contributed by atoms with E-state index in [1.54, 1.807) is 26.2 Å². The highest BCUT2D eigenvalue weighted by molar-refractivity contribution is 6.32. The summed E-state index contributed by atoms with van der Waals surface area (Å²) < 4.78 is 9.67. The van der Waals surface area contributed by atoms with E-state index in [1.807, 2.05) is 90.1 Å². The number of rotatable bonds is 9. The highest BCUT2D eigenvalue weighted by Gasteiger charge is 2.34. The first-order valence-electron chi connectivity index (χ1n) is 15.9. The molecule has 0 radical (unpaired) electrons. The summed E-state index contributed by atoms with van der Waals surface area (Å²) in [6.45, 7) is 15.2. The fraction of sp³-hybridized carbons (Fsp3) is 0.389. The molecule has 0 saturated carbocycles. The number of hydrogen-bond donors (Lipinski definition) is 4. The van der Waals surface area contributed by atoms with Crippen molar-refractivity contribution in [2.45, 2.75) is 67.5 Å². The number of aromatic amines is 2. The number of H-pyrrole nitrogens is 2. The summed E-state index contributed by atoms with van der Waals surface area (Å²) in [5.41, 5.74) is 4.32. The zero-order valence-corrected chi connectivity index (χ0v) is 28.7. The summed E-state index contributed by atoms with van der Waals surface area (Å²) in [7, 11) is 0. The SMILES string of the molecule is CCOC(=O)C(=O)NC(c1nc(-c2ccc(-c3ccc(-c4c[nH]c(C(NC(=O)C(=O)OCC)C(C)(C)C)n4)cc3)cc2)c[nH]1)C(C)(C)C. The molecule has 2 atom stereocenters. The molecule has 48 heavy (non-hydrogen) atoms. The Labute approximate surface area is 280 Å². The Bertz CT molecular complexity index is 1610. The second kappa shape index (κ2) is 14.7. The Hall–Kier alpha value is -5.26. The standard InChI is InChI=1S/C36H44N6O6/c1-9-47-33(45)31(43)41-27(35(3,4)5)29-37-19-25(39-29)23-15-11-21(12-16-23)22-13-17-24(18-14-22)26-20-38-30(40-26)28(36(6,7)8)42-32(44)34(46)48-10-2/h11-20,27-28H,9-10H2,1-8H3,(H,37,39)(H,38,40)(H,41,43)(H,42,44). The predicted molar refractivity (Wildman–Crippen MR) is 181 cm³/mol. The van der Waals surface area contributed by atoms with Crippen LogP contribution in [0, 0.1) is 10.8 Å². The maximum atomic E-state index is 12.4. The minimum atomic E-state index is -0.928. The third kappa shape index (κ3) is 8.55. The van der Waals surface area contributed by atoms with Crippen molar-refractivity contribution in [1.82, 2.24) is 30.6 Å². The number of imidazole rings is 2. The number of esters is 2. The lowest BCUT2D eigenvalue weighted by Crippen LogP contribution is -2.41. The summed E-state index contributed by atoms with van der Waals surface area (Å²) >= 11 is 0. The predicted octanol–water partition coefficient (Wildman–Crippen LogP) is 5.67. The molecule has 2 amide bonds. The lowest BCUT2D eigenvalue weighted by Gasteiger charge is -2.29. The van der Waals surface area contributed by atoms with Crippen LogP contribution in [-0.4, -0.2) is 56.9 Å². The van der Waals surface area contributed by atoms with Crippen LogP contribution in [0.15, 0.2) is 60.9 Å². The average Bonchev–Trinajstić information content (AvgIpc) is 3.72. The Morgan fingerprint density at radius 3 is 1.21 bits per heavy atom. The van der Waals surface area contributed by atoms with Gasteiger partial charge >= 0.3 is 23.8 Å². The van der Waals surface area contributed by atoms with Gasteiger partial charge in [-0.2, -0.15) is 0 Å². The van der Waals surface area contributed by atoms with Crippen molar-refractivity contribution in [3.05, 3.63) is 72.6 Å². The van der Waals surface area contributed by atoms with Crippen molar-refractivity contribution < 1.29 is 28.7 Å². The Balaban J connectivity index is 1.48. The molecule has 4 rings (SSSR count). The van der Waals surface area contributed by atoms with Gasteiger partial charge in [-0.1, -0.05) is 90.1 Å². The monoisotopic (exact) mass is 656 g/mol. The molecular formula is C36H44N6O6. The van der Waals surface area contributed by atoms with Crippen LogP contribution in [0.4, 0.5) is 0 Å². The molecule has 0 aliphatic carbocycles. The van der Waals surface area contributed by atoms with E-state index in [0.717, 1.165) is 22.3 Å². The highest BCUT2D eigenvalue weighted by atomic mass is 16.5. The quantitative estimate of drug-likeness (QED) is 0.132. The maximum Gasteiger partial charge on any atom is 0.396 e. The third-order valence-electron chi connectivity index (χ3n) is 7.64. The largest absolute Gasteiger partial charge is 0.459 e. The molecule has 0 bridgehead atoms. The van der Waals surface area contributed by atoms with Crippen LogP contribution in [0.2, 0.25) is 0 Å². The Morgan fingerprint density at radius 2 is 0.917 bits per heavy atom. The second-order valence-corrected chi connectivity index (χ2v) is 13.5. The molecule has 0 aliphatic heterocycles. The molecule has 0 fully saturated rings. The van der Waals surface area contributed by atoms with E-state index >= 15 is 0 Å². The topological polar surface area (TPSA) is 168 Å². The summed E-state index contributed by atoms with van der Waals surface area (Å²) in [5, 5.41) is 5.50. The number of carbonyl (C=O) groups excluding carboxylic acids is 4. The van der Waals surface area contributed by atoms with E-state index in [4.69, 9.17) is 19.4 Å². The molecule has 4 N–H and O–H groups in total. The van der Waals surface area contributed by atoms with Crippen LogP contribution in [0.3, 0.4) is 0 Å².